The number of ether oxygens (including phenoxy) is 2. The number of esters is 2. The number of rotatable bonds is 7. The molecule has 0 aromatic heterocycles. The van der Waals surface area contributed by atoms with Crippen molar-refractivity contribution in [1.29, 1.82) is 0 Å². The van der Waals surface area contributed by atoms with Gasteiger partial charge in [0.25, 0.3) is 0 Å². The normalized spacial score (nSPS) is 11.0. The lowest BCUT2D eigenvalue weighted by Gasteiger charge is -2.36. The van der Waals surface area contributed by atoms with Crippen LogP contribution in [0.4, 0.5) is 0 Å². The molecule has 3 aromatic rings. The van der Waals surface area contributed by atoms with Gasteiger partial charge in [-0.2, -0.15) is 0 Å². The molecular weight excluding hydrogens is 388 g/mol. The molecule has 5 heteroatoms. The maximum absolute atomic E-state index is 12.8. The maximum Gasteiger partial charge on any atom is 0.307 e. The van der Waals surface area contributed by atoms with Gasteiger partial charge in [-0.15, -0.1) is 0 Å². The van der Waals surface area contributed by atoms with E-state index in [1.54, 1.807) is 6.07 Å². The predicted octanol–water partition coefficient (Wildman–Crippen LogP) is 5.13. The SMILES string of the molecule is COC(=O)CCC(=O)OC(c1ccccc1)(c1ccccc1)c1ccccc1Cl. The van der Waals surface area contributed by atoms with Crippen LogP contribution in [0.2, 0.25) is 5.02 Å². The minimum absolute atomic E-state index is 0.0580. The van der Waals surface area contributed by atoms with Gasteiger partial charge in [0.2, 0.25) is 0 Å². The van der Waals surface area contributed by atoms with Gasteiger partial charge in [0, 0.05) is 21.7 Å². The fourth-order valence-corrected chi connectivity index (χ4v) is 3.54. The zero-order chi connectivity index (χ0) is 20.7. The van der Waals surface area contributed by atoms with Crippen LogP contribution in [0.1, 0.15) is 29.5 Å². The first-order valence-electron chi connectivity index (χ1n) is 9.22. The Hall–Kier alpha value is -3.11. The standard InChI is InChI=1S/C24H21ClO4/c1-28-22(26)16-17-23(27)29-24(18-10-4-2-5-11-18,19-12-6-3-7-13-19)20-14-8-9-15-21(20)25/h2-15H,16-17H2,1H3. The average Bonchev–Trinajstić information content (AvgIpc) is 2.77. The lowest BCUT2D eigenvalue weighted by atomic mass is 9.80. The van der Waals surface area contributed by atoms with Gasteiger partial charge in [-0.3, -0.25) is 9.59 Å². The van der Waals surface area contributed by atoms with E-state index in [-0.39, 0.29) is 12.8 Å². The summed E-state index contributed by atoms with van der Waals surface area (Å²) in [6.45, 7) is 0. The van der Waals surface area contributed by atoms with Crippen molar-refractivity contribution in [3.8, 4) is 0 Å². The van der Waals surface area contributed by atoms with E-state index in [1.807, 2.05) is 78.9 Å². The van der Waals surface area contributed by atoms with E-state index in [9.17, 15) is 9.59 Å². The molecule has 0 bridgehead atoms. The summed E-state index contributed by atoms with van der Waals surface area (Å²) in [6, 6.07) is 26.2. The summed E-state index contributed by atoms with van der Waals surface area (Å²) >= 11 is 6.58. The second-order valence-electron chi connectivity index (χ2n) is 6.44. The smallest absolute Gasteiger partial charge is 0.307 e. The van der Waals surface area contributed by atoms with E-state index in [4.69, 9.17) is 16.3 Å². The highest BCUT2D eigenvalue weighted by molar-refractivity contribution is 6.31. The van der Waals surface area contributed by atoms with Crippen LogP contribution >= 0.6 is 11.6 Å². The minimum Gasteiger partial charge on any atom is -0.469 e. The van der Waals surface area contributed by atoms with Gasteiger partial charge in [0.1, 0.15) is 0 Å². The molecule has 0 unspecified atom stereocenters. The van der Waals surface area contributed by atoms with Gasteiger partial charge in [0.05, 0.1) is 20.0 Å². The Labute approximate surface area is 175 Å². The van der Waals surface area contributed by atoms with Crippen LogP contribution < -0.4 is 0 Å². The van der Waals surface area contributed by atoms with Gasteiger partial charge in [-0.25, -0.2) is 0 Å². The maximum atomic E-state index is 12.8. The Morgan fingerprint density at radius 2 is 1.24 bits per heavy atom. The van der Waals surface area contributed by atoms with Crippen LogP contribution in [0.3, 0.4) is 0 Å². The summed E-state index contributed by atoms with van der Waals surface area (Å²) in [4.78, 5) is 24.3. The third-order valence-electron chi connectivity index (χ3n) is 4.64. The Morgan fingerprint density at radius 3 is 1.76 bits per heavy atom. The largest absolute Gasteiger partial charge is 0.469 e. The fourth-order valence-electron chi connectivity index (χ4n) is 3.27. The first-order valence-corrected chi connectivity index (χ1v) is 9.60. The number of benzene rings is 3. The van der Waals surface area contributed by atoms with E-state index < -0.39 is 17.5 Å². The Bertz CT molecular complexity index is 931. The van der Waals surface area contributed by atoms with E-state index >= 15 is 0 Å². The van der Waals surface area contributed by atoms with Crippen molar-refractivity contribution in [1.82, 2.24) is 0 Å². The molecule has 0 aliphatic carbocycles. The monoisotopic (exact) mass is 408 g/mol. The highest BCUT2D eigenvalue weighted by Gasteiger charge is 2.41. The van der Waals surface area contributed by atoms with Crippen molar-refractivity contribution in [3.05, 3.63) is 107 Å². The van der Waals surface area contributed by atoms with Crippen LogP contribution in [0.5, 0.6) is 0 Å². The van der Waals surface area contributed by atoms with Crippen molar-refractivity contribution >= 4 is 23.5 Å². The lowest BCUT2D eigenvalue weighted by molar-refractivity contribution is -0.156. The van der Waals surface area contributed by atoms with Crippen LogP contribution in [0, 0.1) is 0 Å². The number of methoxy groups -OCH3 is 1. The van der Waals surface area contributed by atoms with Gasteiger partial charge in [-0.05, 0) is 6.07 Å². The van der Waals surface area contributed by atoms with Crippen molar-refractivity contribution in [2.45, 2.75) is 18.4 Å². The van der Waals surface area contributed by atoms with Crippen molar-refractivity contribution < 1.29 is 19.1 Å². The molecule has 0 radical (unpaired) electrons. The zero-order valence-corrected chi connectivity index (χ0v) is 16.8. The molecule has 0 aliphatic heterocycles. The number of hydrogen-bond acceptors (Lipinski definition) is 4. The van der Waals surface area contributed by atoms with Crippen molar-refractivity contribution in [2.24, 2.45) is 0 Å². The first-order chi connectivity index (χ1) is 14.1. The molecule has 148 valence electrons. The summed E-state index contributed by atoms with van der Waals surface area (Å²) in [5.41, 5.74) is 0.899. The quantitative estimate of drug-likeness (QED) is 0.402. The van der Waals surface area contributed by atoms with Crippen molar-refractivity contribution in [2.75, 3.05) is 7.11 Å². The topological polar surface area (TPSA) is 52.6 Å². The molecule has 0 saturated carbocycles. The molecule has 0 saturated heterocycles. The molecular formula is C24H21ClO4. The molecule has 0 atom stereocenters. The summed E-state index contributed by atoms with van der Waals surface area (Å²) in [6.07, 6.45) is -0.157. The predicted molar refractivity (Wildman–Crippen MR) is 112 cm³/mol. The molecule has 0 heterocycles. The third kappa shape index (κ3) is 4.49. The van der Waals surface area contributed by atoms with Gasteiger partial charge >= 0.3 is 11.9 Å². The van der Waals surface area contributed by atoms with Crippen LogP contribution in [-0.2, 0) is 24.7 Å². The summed E-state index contributed by atoms with van der Waals surface area (Å²) < 4.78 is 10.8. The number of carbonyl (C=O) groups is 2. The zero-order valence-electron chi connectivity index (χ0n) is 16.0. The van der Waals surface area contributed by atoms with Gasteiger partial charge < -0.3 is 9.47 Å². The molecule has 3 rings (SSSR count). The van der Waals surface area contributed by atoms with E-state index in [2.05, 4.69) is 4.74 Å². The molecule has 0 spiro atoms. The summed E-state index contributed by atoms with van der Waals surface area (Å²) in [5, 5.41) is 0.473. The second-order valence-corrected chi connectivity index (χ2v) is 6.85. The van der Waals surface area contributed by atoms with Gasteiger partial charge in [-0.1, -0.05) is 90.5 Å². The number of halogens is 1. The summed E-state index contributed by atoms with van der Waals surface area (Å²) in [7, 11) is 1.29. The molecule has 0 fully saturated rings. The lowest BCUT2D eigenvalue weighted by Crippen LogP contribution is -2.35. The third-order valence-corrected chi connectivity index (χ3v) is 4.97. The Kier molecular flexibility index (Phi) is 6.68. The van der Waals surface area contributed by atoms with E-state index in [0.29, 0.717) is 10.6 Å². The number of carbonyl (C=O) groups excluding carboxylic acids is 2. The van der Waals surface area contributed by atoms with Crippen LogP contribution in [0.25, 0.3) is 0 Å². The fraction of sp³-hybridized carbons (Fsp3) is 0.167. The molecule has 4 nitrogen and oxygen atoms in total. The molecule has 0 aliphatic rings. The second kappa shape index (κ2) is 9.39. The Morgan fingerprint density at radius 1 is 0.759 bits per heavy atom. The van der Waals surface area contributed by atoms with Crippen LogP contribution in [-0.4, -0.2) is 19.0 Å². The highest BCUT2D eigenvalue weighted by Crippen LogP contribution is 2.43. The van der Waals surface area contributed by atoms with E-state index in [0.717, 1.165) is 11.1 Å². The first kappa shape index (κ1) is 20.6. The average molecular weight is 409 g/mol. The van der Waals surface area contributed by atoms with E-state index in [1.165, 1.54) is 7.11 Å². The minimum atomic E-state index is -1.26. The van der Waals surface area contributed by atoms with Crippen molar-refractivity contribution in [3.63, 3.8) is 0 Å². The molecule has 29 heavy (non-hydrogen) atoms. The molecule has 3 aromatic carbocycles. The van der Waals surface area contributed by atoms with Crippen LogP contribution in [0.15, 0.2) is 84.9 Å². The molecule has 0 N–H and O–H groups in total. The summed E-state index contributed by atoms with van der Waals surface area (Å²) in [5.74, 6) is -0.993. The molecule has 0 amide bonds. The highest BCUT2D eigenvalue weighted by atomic mass is 35.5. The number of hydrogen-bond donors (Lipinski definition) is 0. The Balaban J connectivity index is 2.17. The van der Waals surface area contributed by atoms with Gasteiger partial charge in [0.15, 0.2) is 5.60 Å².